The van der Waals surface area contributed by atoms with Crippen LogP contribution in [0.25, 0.3) is 0 Å². The first kappa shape index (κ1) is 15.4. The van der Waals surface area contributed by atoms with E-state index in [9.17, 15) is 4.79 Å². The van der Waals surface area contributed by atoms with Crippen LogP contribution < -0.4 is 10.6 Å². The molecule has 0 aromatic carbocycles. The Hall–Kier alpha value is -1.62. The summed E-state index contributed by atoms with van der Waals surface area (Å²) in [6, 6.07) is 1.79. The Kier molecular flexibility index (Phi) is 5.30. The summed E-state index contributed by atoms with van der Waals surface area (Å²) in [5.41, 5.74) is 1.39. The number of amides is 1. The molecule has 0 aliphatic rings. The van der Waals surface area contributed by atoms with Gasteiger partial charge in [-0.15, -0.1) is 0 Å². The Morgan fingerprint density at radius 2 is 2.11 bits per heavy atom. The van der Waals surface area contributed by atoms with Crippen LogP contribution in [0.5, 0.6) is 0 Å². The topological polar surface area (TPSA) is 57.3 Å². The lowest BCUT2D eigenvalue weighted by Crippen LogP contribution is -2.40. The molecule has 106 valence electrons. The molecule has 2 N–H and O–H groups in total. The highest BCUT2D eigenvalue weighted by Crippen LogP contribution is 2.16. The summed E-state index contributed by atoms with van der Waals surface area (Å²) in [5, 5.41) is 5.97. The van der Waals surface area contributed by atoms with Crippen molar-refractivity contribution in [1.82, 2.24) is 15.2 Å². The van der Waals surface area contributed by atoms with Gasteiger partial charge in [0.15, 0.2) is 0 Å². The molecule has 0 bridgehead atoms. The zero-order valence-corrected chi connectivity index (χ0v) is 12.4. The average Bonchev–Trinajstić information content (AvgIpc) is 2.34. The molecule has 1 amide bonds. The summed E-state index contributed by atoms with van der Waals surface area (Å²) >= 11 is 0. The van der Waals surface area contributed by atoms with Gasteiger partial charge in [0.25, 0.3) is 5.91 Å². The highest BCUT2D eigenvalue weighted by Gasteiger charge is 2.20. The number of carbonyl (C=O) groups excluding carboxylic acids is 1. The number of nitrogens with zero attached hydrogens (tertiary/aromatic N) is 2. The highest BCUT2D eigenvalue weighted by atomic mass is 16.1. The Morgan fingerprint density at radius 1 is 1.42 bits per heavy atom. The van der Waals surface area contributed by atoms with E-state index in [-0.39, 0.29) is 11.3 Å². The first-order valence-corrected chi connectivity index (χ1v) is 6.40. The minimum absolute atomic E-state index is 0.0289. The lowest BCUT2D eigenvalue weighted by Gasteiger charge is -2.28. The van der Waals surface area contributed by atoms with Gasteiger partial charge in [-0.1, -0.05) is 13.8 Å². The Balaban J connectivity index is 2.65. The molecule has 1 heterocycles. The second kappa shape index (κ2) is 6.52. The van der Waals surface area contributed by atoms with Gasteiger partial charge in [0.1, 0.15) is 0 Å². The fourth-order valence-electron chi connectivity index (χ4n) is 2.12. The quantitative estimate of drug-likeness (QED) is 0.816. The van der Waals surface area contributed by atoms with E-state index in [2.05, 4.69) is 34.4 Å². The van der Waals surface area contributed by atoms with Crippen LogP contribution in [0.1, 0.15) is 24.2 Å². The van der Waals surface area contributed by atoms with Crippen LogP contribution in [-0.4, -0.2) is 50.0 Å². The van der Waals surface area contributed by atoms with Crippen molar-refractivity contribution in [2.45, 2.75) is 13.8 Å². The fraction of sp³-hybridized carbons (Fsp3) is 0.571. The number of rotatable bonds is 6. The lowest BCUT2D eigenvalue weighted by molar-refractivity contribution is 0.0929. The second-order valence-electron chi connectivity index (χ2n) is 5.76. The molecule has 5 heteroatoms. The van der Waals surface area contributed by atoms with Crippen molar-refractivity contribution in [3.05, 3.63) is 24.0 Å². The summed E-state index contributed by atoms with van der Waals surface area (Å²) in [4.78, 5) is 18.3. The molecule has 0 aliphatic heterocycles. The van der Waals surface area contributed by atoms with Gasteiger partial charge in [0, 0.05) is 38.2 Å². The zero-order valence-electron chi connectivity index (χ0n) is 12.4. The number of hydrogen-bond acceptors (Lipinski definition) is 4. The van der Waals surface area contributed by atoms with Crippen molar-refractivity contribution < 1.29 is 4.79 Å². The third-order valence-corrected chi connectivity index (χ3v) is 2.81. The van der Waals surface area contributed by atoms with Crippen LogP contribution in [-0.2, 0) is 0 Å². The fourth-order valence-corrected chi connectivity index (χ4v) is 2.12. The second-order valence-corrected chi connectivity index (χ2v) is 5.76. The predicted molar refractivity (Wildman–Crippen MR) is 78.5 cm³/mol. The van der Waals surface area contributed by atoms with Crippen LogP contribution in [0.15, 0.2) is 18.5 Å². The Labute approximate surface area is 115 Å². The van der Waals surface area contributed by atoms with Gasteiger partial charge in [-0.05, 0) is 25.6 Å². The van der Waals surface area contributed by atoms with E-state index in [0.717, 1.165) is 12.2 Å². The lowest BCUT2D eigenvalue weighted by atomic mass is 9.93. The van der Waals surface area contributed by atoms with Crippen molar-refractivity contribution >= 4 is 11.6 Å². The molecule has 0 radical (unpaired) electrons. The maximum absolute atomic E-state index is 12.2. The summed E-state index contributed by atoms with van der Waals surface area (Å²) in [5.74, 6) is -0.0933. The first-order valence-electron chi connectivity index (χ1n) is 6.40. The molecule has 19 heavy (non-hydrogen) atoms. The average molecular weight is 264 g/mol. The normalized spacial score (nSPS) is 11.5. The molecule has 0 aliphatic carbocycles. The van der Waals surface area contributed by atoms with Crippen LogP contribution >= 0.6 is 0 Å². The van der Waals surface area contributed by atoms with Crippen molar-refractivity contribution in [3.63, 3.8) is 0 Å². The number of hydrogen-bond donors (Lipinski definition) is 2. The first-order chi connectivity index (χ1) is 8.85. The Morgan fingerprint density at radius 3 is 2.68 bits per heavy atom. The van der Waals surface area contributed by atoms with E-state index in [1.807, 2.05) is 14.1 Å². The summed E-state index contributed by atoms with van der Waals surface area (Å²) in [7, 11) is 5.86. The molecule has 0 fully saturated rings. The molecule has 1 aromatic rings. The number of carbonyl (C=O) groups is 1. The molecule has 0 unspecified atom stereocenters. The van der Waals surface area contributed by atoms with E-state index in [0.29, 0.717) is 12.1 Å². The smallest absolute Gasteiger partial charge is 0.254 e. The summed E-state index contributed by atoms with van der Waals surface area (Å²) < 4.78 is 0. The van der Waals surface area contributed by atoms with Crippen LogP contribution in [0.3, 0.4) is 0 Å². The minimum atomic E-state index is -0.0933. The molecule has 1 aromatic heterocycles. The van der Waals surface area contributed by atoms with Crippen molar-refractivity contribution in [1.29, 1.82) is 0 Å². The minimum Gasteiger partial charge on any atom is -0.387 e. The molecular formula is C14H24N4O. The van der Waals surface area contributed by atoms with Crippen LogP contribution in [0.2, 0.25) is 0 Å². The van der Waals surface area contributed by atoms with Crippen LogP contribution in [0.4, 0.5) is 5.69 Å². The van der Waals surface area contributed by atoms with Crippen molar-refractivity contribution in [2.75, 3.05) is 39.5 Å². The molecule has 0 saturated heterocycles. The number of anilines is 1. The number of aromatic nitrogens is 1. The van der Waals surface area contributed by atoms with Gasteiger partial charge in [-0.3, -0.25) is 9.78 Å². The van der Waals surface area contributed by atoms with E-state index in [1.165, 1.54) is 0 Å². The van der Waals surface area contributed by atoms with E-state index < -0.39 is 0 Å². The highest BCUT2D eigenvalue weighted by molar-refractivity contribution is 5.99. The van der Waals surface area contributed by atoms with E-state index >= 15 is 0 Å². The third-order valence-electron chi connectivity index (χ3n) is 2.81. The van der Waals surface area contributed by atoms with E-state index in [4.69, 9.17) is 0 Å². The summed E-state index contributed by atoms with van der Waals surface area (Å²) in [6.07, 6.45) is 3.25. The Bertz CT molecular complexity index is 429. The SMILES string of the molecule is CNc1ccncc1C(=O)NCC(C)(C)CN(C)C. The molecule has 5 nitrogen and oxygen atoms in total. The van der Waals surface area contributed by atoms with Gasteiger partial charge in [0.2, 0.25) is 0 Å². The monoisotopic (exact) mass is 264 g/mol. The number of pyridine rings is 1. The molecule has 1 rings (SSSR count). The largest absolute Gasteiger partial charge is 0.387 e. The van der Waals surface area contributed by atoms with Crippen molar-refractivity contribution in [3.8, 4) is 0 Å². The number of nitrogens with one attached hydrogen (secondary N) is 2. The zero-order chi connectivity index (χ0) is 14.5. The molecule has 0 atom stereocenters. The van der Waals surface area contributed by atoms with Gasteiger partial charge in [-0.25, -0.2) is 0 Å². The van der Waals surface area contributed by atoms with Gasteiger partial charge in [-0.2, -0.15) is 0 Å². The van der Waals surface area contributed by atoms with Gasteiger partial charge < -0.3 is 15.5 Å². The van der Waals surface area contributed by atoms with Crippen molar-refractivity contribution in [2.24, 2.45) is 5.41 Å². The molecular weight excluding hydrogens is 240 g/mol. The molecule has 0 spiro atoms. The standard InChI is InChI=1S/C14H24N4O/c1-14(2,10-18(4)5)9-17-13(19)11-8-16-7-6-12(11)15-3/h6-8H,9-10H2,1-5H3,(H,15,16)(H,17,19). The maximum Gasteiger partial charge on any atom is 0.254 e. The predicted octanol–water partition coefficient (Wildman–Crippen LogP) is 1.44. The van der Waals surface area contributed by atoms with Gasteiger partial charge in [0.05, 0.1) is 5.56 Å². The van der Waals surface area contributed by atoms with Crippen LogP contribution in [0, 0.1) is 5.41 Å². The van der Waals surface area contributed by atoms with E-state index in [1.54, 1.807) is 25.5 Å². The van der Waals surface area contributed by atoms with Gasteiger partial charge >= 0.3 is 0 Å². The summed E-state index contributed by atoms with van der Waals surface area (Å²) in [6.45, 7) is 5.81. The maximum atomic E-state index is 12.2. The third kappa shape index (κ3) is 4.87. The molecule has 0 saturated carbocycles.